The maximum Gasteiger partial charge on any atom is 0.330 e. The molecule has 0 aliphatic heterocycles. The van der Waals surface area contributed by atoms with Crippen molar-refractivity contribution in [3.63, 3.8) is 0 Å². The van der Waals surface area contributed by atoms with Crippen molar-refractivity contribution in [1.82, 2.24) is 4.57 Å². The standard InChI is InChI=1S/C24H28N2O6S/c1-16(2)15-26-11-10-18-14-19(7-8-20(18)26)25-33(28,29)22-13-17(6-9-23(27)31-4)12-21(30-3)24(22)32-5/h6-14,16,25H,15H2,1-5H3/b9-6+. The molecule has 0 bridgehead atoms. The molecule has 0 spiro atoms. The molecule has 8 nitrogen and oxygen atoms in total. The minimum Gasteiger partial charge on any atom is -0.493 e. The molecule has 0 unspecified atom stereocenters. The van der Waals surface area contributed by atoms with Crippen LogP contribution in [0.25, 0.3) is 17.0 Å². The molecule has 0 amide bonds. The van der Waals surface area contributed by atoms with E-state index < -0.39 is 16.0 Å². The number of nitrogens with one attached hydrogen (secondary N) is 1. The highest BCUT2D eigenvalue weighted by atomic mass is 32.2. The monoisotopic (exact) mass is 472 g/mol. The Morgan fingerprint density at radius 2 is 1.85 bits per heavy atom. The first-order valence-electron chi connectivity index (χ1n) is 10.3. The van der Waals surface area contributed by atoms with Crippen LogP contribution in [0.15, 0.2) is 53.6 Å². The van der Waals surface area contributed by atoms with Gasteiger partial charge in [-0.05, 0) is 54.0 Å². The first-order valence-corrected chi connectivity index (χ1v) is 11.8. The van der Waals surface area contributed by atoms with E-state index in [1.54, 1.807) is 18.2 Å². The number of aromatic nitrogens is 1. The van der Waals surface area contributed by atoms with Gasteiger partial charge in [0.15, 0.2) is 11.5 Å². The molecule has 1 N–H and O–H groups in total. The summed E-state index contributed by atoms with van der Waals surface area (Å²) in [5.41, 5.74) is 1.88. The second-order valence-electron chi connectivity index (χ2n) is 7.85. The molecule has 0 atom stereocenters. The maximum atomic E-state index is 13.3. The minimum absolute atomic E-state index is 0.0596. The predicted molar refractivity (Wildman–Crippen MR) is 128 cm³/mol. The van der Waals surface area contributed by atoms with Gasteiger partial charge in [-0.25, -0.2) is 13.2 Å². The molecule has 0 aliphatic carbocycles. The summed E-state index contributed by atoms with van der Waals surface area (Å²) < 4.78 is 46.6. The molecule has 0 radical (unpaired) electrons. The Hall–Kier alpha value is -3.46. The molecule has 1 aromatic heterocycles. The van der Waals surface area contributed by atoms with Crippen LogP contribution >= 0.6 is 0 Å². The molecule has 9 heteroatoms. The van der Waals surface area contributed by atoms with E-state index in [0.717, 1.165) is 17.4 Å². The zero-order valence-corrected chi connectivity index (χ0v) is 20.1. The topological polar surface area (TPSA) is 95.9 Å². The summed E-state index contributed by atoms with van der Waals surface area (Å²) in [6.45, 7) is 5.16. The van der Waals surface area contributed by atoms with Crippen molar-refractivity contribution in [1.29, 1.82) is 0 Å². The maximum absolute atomic E-state index is 13.3. The Bertz CT molecular complexity index is 1290. The van der Waals surface area contributed by atoms with E-state index in [1.165, 1.54) is 39.5 Å². The van der Waals surface area contributed by atoms with E-state index in [4.69, 9.17) is 9.47 Å². The average Bonchev–Trinajstić information content (AvgIpc) is 3.17. The second-order valence-corrected chi connectivity index (χ2v) is 9.50. The first-order chi connectivity index (χ1) is 15.7. The highest BCUT2D eigenvalue weighted by Crippen LogP contribution is 2.37. The Morgan fingerprint density at radius 1 is 1.09 bits per heavy atom. The van der Waals surface area contributed by atoms with E-state index in [1.807, 2.05) is 18.3 Å². The van der Waals surface area contributed by atoms with E-state index >= 15 is 0 Å². The van der Waals surface area contributed by atoms with Crippen LogP contribution in [0.3, 0.4) is 0 Å². The lowest BCUT2D eigenvalue weighted by Crippen LogP contribution is -2.15. The van der Waals surface area contributed by atoms with Gasteiger partial charge in [0, 0.05) is 35.4 Å². The van der Waals surface area contributed by atoms with Gasteiger partial charge in [0.25, 0.3) is 10.0 Å². The third kappa shape index (κ3) is 5.48. The van der Waals surface area contributed by atoms with Gasteiger partial charge in [-0.3, -0.25) is 4.72 Å². The number of esters is 1. The van der Waals surface area contributed by atoms with Gasteiger partial charge in [-0.2, -0.15) is 0 Å². The molecular weight excluding hydrogens is 444 g/mol. The van der Waals surface area contributed by atoms with Crippen LogP contribution in [0.2, 0.25) is 0 Å². The number of hydrogen-bond donors (Lipinski definition) is 1. The fourth-order valence-corrected chi connectivity index (χ4v) is 4.77. The van der Waals surface area contributed by atoms with Gasteiger partial charge in [-0.1, -0.05) is 13.8 Å². The van der Waals surface area contributed by atoms with Crippen molar-refractivity contribution in [3.05, 3.63) is 54.2 Å². The summed E-state index contributed by atoms with van der Waals surface area (Å²) in [5.74, 6) is 0.197. The van der Waals surface area contributed by atoms with E-state index in [9.17, 15) is 13.2 Å². The smallest absolute Gasteiger partial charge is 0.330 e. The Balaban J connectivity index is 2.00. The quantitative estimate of drug-likeness (QED) is 0.368. The van der Waals surface area contributed by atoms with Gasteiger partial charge < -0.3 is 18.8 Å². The number of sulfonamides is 1. The lowest BCUT2D eigenvalue weighted by atomic mass is 10.2. The fraction of sp³-hybridized carbons (Fsp3) is 0.292. The predicted octanol–water partition coefficient (Wildman–Crippen LogP) is 4.30. The van der Waals surface area contributed by atoms with E-state index in [-0.39, 0.29) is 16.4 Å². The van der Waals surface area contributed by atoms with Crippen molar-refractivity contribution < 1.29 is 27.4 Å². The number of ether oxygens (including phenoxy) is 3. The fourth-order valence-electron chi connectivity index (χ4n) is 3.50. The van der Waals surface area contributed by atoms with Crippen LogP contribution in [0.4, 0.5) is 5.69 Å². The molecule has 176 valence electrons. The minimum atomic E-state index is -4.05. The van der Waals surface area contributed by atoms with Crippen molar-refractivity contribution >= 4 is 38.7 Å². The Kier molecular flexibility index (Phi) is 7.33. The molecule has 3 rings (SSSR count). The number of rotatable bonds is 9. The van der Waals surface area contributed by atoms with Gasteiger partial charge in [-0.15, -0.1) is 0 Å². The average molecular weight is 473 g/mol. The summed E-state index contributed by atoms with van der Waals surface area (Å²) in [4.78, 5) is 11.3. The first kappa shape index (κ1) is 24.2. The molecule has 1 heterocycles. The summed E-state index contributed by atoms with van der Waals surface area (Å²) in [7, 11) is -0.0158. The number of carbonyl (C=O) groups excluding carboxylic acids is 1. The van der Waals surface area contributed by atoms with E-state index in [2.05, 4.69) is 27.9 Å². The third-order valence-electron chi connectivity index (χ3n) is 4.95. The van der Waals surface area contributed by atoms with Crippen molar-refractivity contribution in [3.8, 4) is 11.5 Å². The Labute approximate surface area is 193 Å². The zero-order valence-electron chi connectivity index (χ0n) is 19.3. The second kappa shape index (κ2) is 9.99. The van der Waals surface area contributed by atoms with Gasteiger partial charge in [0.1, 0.15) is 4.90 Å². The number of hydrogen-bond acceptors (Lipinski definition) is 6. The SMILES string of the molecule is COC(=O)/C=C/c1cc(OC)c(OC)c(S(=O)(=O)Nc2ccc3c(ccn3CC(C)C)c2)c1. The largest absolute Gasteiger partial charge is 0.493 e. The van der Waals surface area contributed by atoms with Crippen molar-refractivity contribution in [2.45, 2.75) is 25.3 Å². The number of anilines is 1. The number of benzene rings is 2. The summed E-state index contributed by atoms with van der Waals surface area (Å²) >= 11 is 0. The zero-order chi connectivity index (χ0) is 24.2. The summed E-state index contributed by atoms with van der Waals surface area (Å²) in [6, 6.07) is 10.3. The molecule has 0 aliphatic rings. The molecule has 2 aromatic carbocycles. The number of fused-ring (bicyclic) bond motifs is 1. The summed E-state index contributed by atoms with van der Waals surface area (Å²) in [5, 5.41) is 0.926. The molecular formula is C24H28N2O6S. The van der Waals surface area contributed by atoms with Crippen LogP contribution in [0.1, 0.15) is 19.4 Å². The highest BCUT2D eigenvalue weighted by Gasteiger charge is 2.24. The van der Waals surface area contributed by atoms with Gasteiger partial charge in [0.05, 0.1) is 21.3 Å². The molecule has 33 heavy (non-hydrogen) atoms. The normalized spacial score (nSPS) is 11.8. The number of carbonyl (C=O) groups is 1. The van der Waals surface area contributed by atoms with Crippen LogP contribution < -0.4 is 14.2 Å². The van der Waals surface area contributed by atoms with Crippen LogP contribution in [0, 0.1) is 5.92 Å². The lowest BCUT2D eigenvalue weighted by molar-refractivity contribution is -0.134. The molecule has 0 saturated carbocycles. The highest BCUT2D eigenvalue weighted by molar-refractivity contribution is 7.92. The lowest BCUT2D eigenvalue weighted by Gasteiger charge is -2.16. The van der Waals surface area contributed by atoms with Crippen LogP contribution in [-0.4, -0.2) is 40.3 Å². The molecule has 3 aromatic rings. The number of methoxy groups -OCH3 is 3. The molecule has 0 saturated heterocycles. The van der Waals surface area contributed by atoms with Crippen molar-refractivity contribution in [2.24, 2.45) is 5.92 Å². The number of nitrogens with zero attached hydrogens (tertiary/aromatic N) is 1. The Morgan fingerprint density at radius 3 is 2.48 bits per heavy atom. The van der Waals surface area contributed by atoms with Crippen molar-refractivity contribution in [2.75, 3.05) is 26.1 Å². The van der Waals surface area contributed by atoms with Crippen LogP contribution in [-0.2, 0) is 26.1 Å². The van der Waals surface area contributed by atoms with Gasteiger partial charge >= 0.3 is 5.97 Å². The third-order valence-corrected chi connectivity index (χ3v) is 6.34. The summed E-state index contributed by atoms with van der Waals surface area (Å²) in [6.07, 6.45) is 4.63. The van der Waals surface area contributed by atoms with E-state index in [0.29, 0.717) is 17.2 Å². The van der Waals surface area contributed by atoms with Gasteiger partial charge in [0.2, 0.25) is 0 Å². The molecule has 0 fully saturated rings. The van der Waals surface area contributed by atoms with Crippen LogP contribution in [0.5, 0.6) is 11.5 Å².